The fourth-order valence-corrected chi connectivity index (χ4v) is 1.62. The SMILES string of the molecule is NNc1cc(NCC2CCOC2)nc(N)n1. The van der Waals surface area contributed by atoms with Crippen LogP contribution in [0, 0.1) is 5.92 Å². The van der Waals surface area contributed by atoms with Crippen LogP contribution in [0.25, 0.3) is 0 Å². The van der Waals surface area contributed by atoms with Gasteiger partial charge in [0.2, 0.25) is 5.95 Å². The number of rotatable bonds is 4. The highest BCUT2D eigenvalue weighted by molar-refractivity contribution is 5.50. The van der Waals surface area contributed by atoms with E-state index in [0.29, 0.717) is 17.6 Å². The summed E-state index contributed by atoms with van der Waals surface area (Å²) in [5.41, 5.74) is 7.98. The second-order valence-electron chi connectivity index (χ2n) is 3.75. The van der Waals surface area contributed by atoms with Crippen molar-refractivity contribution < 1.29 is 4.74 Å². The van der Waals surface area contributed by atoms with Gasteiger partial charge in [0.15, 0.2) is 0 Å². The van der Waals surface area contributed by atoms with Crippen molar-refractivity contribution in [1.82, 2.24) is 9.97 Å². The topological polar surface area (TPSA) is 111 Å². The van der Waals surface area contributed by atoms with Crippen molar-refractivity contribution >= 4 is 17.6 Å². The predicted molar refractivity (Wildman–Crippen MR) is 61.7 cm³/mol. The van der Waals surface area contributed by atoms with E-state index in [9.17, 15) is 0 Å². The van der Waals surface area contributed by atoms with E-state index in [1.165, 1.54) is 0 Å². The van der Waals surface area contributed by atoms with Crippen LogP contribution in [0.5, 0.6) is 0 Å². The minimum atomic E-state index is 0.195. The Labute approximate surface area is 93.6 Å². The van der Waals surface area contributed by atoms with Crippen LogP contribution in [0.2, 0.25) is 0 Å². The number of nitrogens with one attached hydrogen (secondary N) is 2. The Morgan fingerprint density at radius 1 is 1.44 bits per heavy atom. The van der Waals surface area contributed by atoms with Gasteiger partial charge in [0.25, 0.3) is 0 Å². The Morgan fingerprint density at radius 2 is 2.25 bits per heavy atom. The van der Waals surface area contributed by atoms with Crippen LogP contribution in [0.4, 0.5) is 17.6 Å². The molecule has 1 fully saturated rings. The number of nitrogen functional groups attached to an aromatic ring is 2. The van der Waals surface area contributed by atoms with Crippen molar-refractivity contribution in [3.05, 3.63) is 6.07 Å². The average molecular weight is 224 g/mol. The van der Waals surface area contributed by atoms with Crippen LogP contribution in [-0.4, -0.2) is 29.7 Å². The maximum Gasteiger partial charge on any atom is 0.223 e. The summed E-state index contributed by atoms with van der Waals surface area (Å²) in [4.78, 5) is 7.96. The molecule has 1 saturated heterocycles. The van der Waals surface area contributed by atoms with E-state index in [4.69, 9.17) is 16.3 Å². The van der Waals surface area contributed by atoms with Crippen LogP contribution in [0.15, 0.2) is 6.07 Å². The second-order valence-corrected chi connectivity index (χ2v) is 3.75. The van der Waals surface area contributed by atoms with Crippen molar-refractivity contribution in [2.24, 2.45) is 11.8 Å². The third kappa shape index (κ3) is 2.71. The second kappa shape index (κ2) is 4.95. The van der Waals surface area contributed by atoms with Gasteiger partial charge >= 0.3 is 0 Å². The summed E-state index contributed by atoms with van der Waals surface area (Å²) < 4.78 is 5.28. The Balaban J connectivity index is 1.94. The summed E-state index contributed by atoms with van der Waals surface area (Å²) in [7, 11) is 0. The monoisotopic (exact) mass is 224 g/mol. The van der Waals surface area contributed by atoms with Gasteiger partial charge in [0, 0.05) is 25.1 Å². The minimum absolute atomic E-state index is 0.195. The zero-order chi connectivity index (χ0) is 11.4. The zero-order valence-electron chi connectivity index (χ0n) is 8.94. The summed E-state index contributed by atoms with van der Waals surface area (Å²) in [6, 6.07) is 1.71. The van der Waals surface area contributed by atoms with Crippen LogP contribution in [-0.2, 0) is 4.74 Å². The lowest BCUT2D eigenvalue weighted by Gasteiger charge is -2.11. The Hall–Kier alpha value is -1.60. The molecule has 0 spiro atoms. The first kappa shape index (κ1) is 10.9. The van der Waals surface area contributed by atoms with Gasteiger partial charge in [-0.1, -0.05) is 0 Å². The average Bonchev–Trinajstić information content (AvgIpc) is 2.78. The maximum atomic E-state index is 5.54. The number of ether oxygens (including phenoxy) is 1. The van der Waals surface area contributed by atoms with E-state index in [1.807, 2.05) is 0 Å². The number of anilines is 3. The lowest BCUT2D eigenvalue weighted by molar-refractivity contribution is 0.187. The van der Waals surface area contributed by atoms with Crippen LogP contribution >= 0.6 is 0 Å². The van der Waals surface area contributed by atoms with Crippen molar-refractivity contribution in [3.8, 4) is 0 Å². The number of aromatic nitrogens is 2. The van der Waals surface area contributed by atoms with E-state index >= 15 is 0 Å². The molecule has 6 N–H and O–H groups in total. The summed E-state index contributed by atoms with van der Waals surface area (Å²) in [6.45, 7) is 2.46. The molecule has 0 bridgehead atoms. The fourth-order valence-electron chi connectivity index (χ4n) is 1.62. The molecule has 7 nitrogen and oxygen atoms in total. The molecule has 1 aromatic heterocycles. The first-order valence-corrected chi connectivity index (χ1v) is 5.20. The standard InChI is InChI=1S/C9H16N6O/c10-9-13-7(3-8(14-9)15-11)12-4-6-1-2-16-5-6/h3,6H,1-2,4-5,11H2,(H4,10,12,13,14,15). The van der Waals surface area contributed by atoms with E-state index in [0.717, 1.165) is 26.2 Å². The van der Waals surface area contributed by atoms with E-state index < -0.39 is 0 Å². The molecular formula is C9H16N6O. The molecule has 1 aliphatic rings. The Bertz CT molecular complexity index is 352. The Kier molecular flexibility index (Phi) is 3.37. The predicted octanol–water partition coefficient (Wildman–Crippen LogP) is -0.207. The van der Waals surface area contributed by atoms with E-state index in [-0.39, 0.29) is 5.95 Å². The molecule has 1 atom stereocenters. The van der Waals surface area contributed by atoms with Gasteiger partial charge in [0.05, 0.1) is 6.61 Å². The minimum Gasteiger partial charge on any atom is -0.381 e. The molecule has 88 valence electrons. The molecule has 0 saturated carbocycles. The smallest absolute Gasteiger partial charge is 0.223 e. The molecule has 1 aliphatic heterocycles. The molecule has 16 heavy (non-hydrogen) atoms. The summed E-state index contributed by atoms with van der Waals surface area (Å²) in [5.74, 6) is 7.16. The van der Waals surface area contributed by atoms with Gasteiger partial charge in [-0.2, -0.15) is 9.97 Å². The van der Waals surface area contributed by atoms with Gasteiger partial charge < -0.3 is 21.2 Å². The Morgan fingerprint density at radius 3 is 2.94 bits per heavy atom. The number of nitrogens with zero attached hydrogens (tertiary/aromatic N) is 2. The normalized spacial score (nSPS) is 19.7. The van der Waals surface area contributed by atoms with Gasteiger partial charge in [-0.3, -0.25) is 0 Å². The van der Waals surface area contributed by atoms with Gasteiger partial charge in [-0.15, -0.1) is 0 Å². The summed E-state index contributed by atoms with van der Waals surface area (Å²) in [5, 5.41) is 3.20. The molecule has 1 unspecified atom stereocenters. The lowest BCUT2D eigenvalue weighted by atomic mass is 10.1. The van der Waals surface area contributed by atoms with Crippen molar-refractivity contribution in [1.29, 1.82) is 0 Å². The van der Waals surface area contributed by atoms with Gasteiger partial charge in [0.1, 0.15) is 11.6 Å². The highest BCUT2D eigenvalue weighted by Gasteiger charge is 2.15. The lowest BCUT2D eigenvalue weighted by Crippen LogP contribution is -2.16. The largest absolute Gasteiger partial charge is 0.381 e. The molecule has 2 heterocycles. The van der Waals surface area contributed by atoms with Gasteiger partial charge in [-0.25, -0.2) is 5.84 Å². The molecule has 1 aromatic rings. The van der Waals surface area contributed by atoms with E-state index in [2.05, 4.69) is 20.7 Å². The quantitative estimate of drug-likeness (QED) is 0.413. The maximum absolute atomic E-state index is 5.54. The number of hydrogen-bond acceptors (Lipinski definition) is 7. The van der Waals surface area contributed by atoms with Crippen LogP contribution < -0.4 is 22.3 Å². The third-order valence-corrected chi connectivity index (χ3v) is 2.49. The highest BCUT2D eigenvalue weighted by atomic mass is 16.5. The molecule has 0 radical (unpaired) electrons. The summed E-state index contributed by atoms with van der Waals surface area (Å²) >= 11 is 0. The number of hydrogen-bond donors (Lipinski definition) is 4. The zero-order valence-corrected chi connectivity index (χ0v) is 8.94. The first-order chi connectivity index (χ1) is 7.78. The number of hydrazine groups is 1. The third-order valence-electron chi connectivity index (χ3n) is 2.49. The molecular weight excluding hydrogens is 208 g/mol. The molecule has 0 amide bonds. The van der Waals surface area contributed by atoms with Crippen molar-refractivity contribution in [2.75, 3.05) is 36.2 Å². The number of nitrogens with two attached hydrogens (primary N) is 2. The first-order valence-electron chi connectivity index (χ1n) is 5.20. The highest BCUT2D eigenvalue weighted by Crippen LogP contribution is 2.15. The summed E-state index contributed by atoms with van der Waals surface area (Å²) in [6.07, 6.45) is 1.08. The van der Waals surface area contributed by atoms with Gasteiger partial charge in [-0.05, 0) is 6.42 Å². The van der Waals surface area contributed by atoms with Crippen molar-refractivity contribution in [2.45, 2.75) is 6.42 Å². The molecule has 7 heteroatoms. The molecule has 0 aromatic carbocycles. The van der Waals surface area contributed by atoms with Crippen LogP contribution in [0.3, 0.4) is 0 Å². The molecule has 0 aliphatic carbocycles. The fraction of sp³-hybridized carbons (Fsp3) is 0.556. The van der Waals surface area contributed by atoms with E-state index in [1.54, 1.807) is 6.07 Å². The van der Waals surface area contributed by atoms with Crippen molar-refractivity contribution in [3.63, 3.8) is 0 Å². The molecule has 2 rings (SSSR count). The van der Waals surface area contributed by atoms with Crippen LogP contribution in [0.1, 0.15) is 6.42 Å².